The average molecular weight is 262 g/mol. The first-order chi connectivity index (χ1) is 7.47. The lowest BCUT2D eigenvalue weighted by atomic mass is 10.2. The van der Waals surface area contributed by atoms with Crippen molar-refractivity contribution in [3.05, 3.63) is 33.8 Å². The molecule has 0 aliphatic carbocycles. The molecule has 0 amide bonds. The molecule has 0 spiro atoms. The molecule has 0 aliphatic heterocycles. The zero-order chi connectivity index (χ0) is 12.1. The fourth-order valence-electron chi connectivity index (χ4n) is 1.50. The van der Waals surface area contributed by atoms with E-state index < -0.39 is 0 Å². The lowest BCUT2D eigenvalue weighted by molar-refractivity contribution is 0.163. The number of hydrogen-bond acceptors (Lipinski definition) is 2. The van der Waals surface area contributed by atoms with Gasteiger partial charge in [0.15, 0.2) is 0 Å². The maximum Gasteiger partial charge on any atom is 0.0524 e. The highest BCUT2D eigenvalue weighted by Crippen LogP contribution is 2.19. The van der Waals surface area contributed by atoms with E-state index >= 15 is 0 Å². The lowest BCUT2D eigenvalue weighted by Crippen LogP contribution is -2.22. The van der Waals surface area contributed by atoms with E-state index in [1.807, 2.05) is 19.2 Å². The predicted molar refractivity (Wildman–Crippen MR) is 69.1 cm³/mol. The highest BCUT2D eigenvalue weighted by Gasteiger charge is 2.04. The molecule has 1 aromatic carbocycles. The second-order valence-electron chi connectivity index (χ2n) is 4.15. The Kier molecular flexibility index (Phi) is 5.56. The van der Waals surface area contributed by atoms with E-state index in [0.29, 0.717) is 10.0 Å². The van der Waals surface area contributed by atoms with Crippen LogP contribution in [0.1, 0.15) is 18.9 Å². The molecule has 0 aliphatic rings. The Morgan fingerprint density at radius 2 is 1.81 bits per heavy atom. The molecule has 16 heavy (non-hydrogen) atoms. The van der Waals surface area contributed by atoms with Crippen LogP contribution >= 0.6 is 23.2 Å². The number of hydrogen-bond donors (Lipinski definition) is 1. The Morgan fingerprint density at radius 3 is 2.31 bits per heavy atom. The molecule has 0 fully saturated rings. The molecule has 1 rings (SSSR count). The van der Waals surface area contributed by atoms with Crippen LogP contribution in [0.2, 0.25) is 10.0 Å². The van der Waals surface area contributed by atoms with Crippen LogP contribution in [0.5, 0.6) is 0 Å². The van der Waals surface area contributed by atoms with E-state index in [9.17, 15) is 5.11 Å². The van der Waals surface area contributed by atoms with Crippen LogP contribution in [0.25, 0.3) is 0 Å². The third-order valence-electron chi connectivity index (χ3n) is 2.30. The first-order valence-corrected chi connectivity index (χ1v) is 6.04. The number of rotatable bonds is 5. The van der Waals surface area contributed by atoms with Crippen molar-refractivity contribution in [3.8, 4) is 0 Å². The van der Waals surface area contributed by atoms with Crippen LogP contribution < -0.4 is 0 Å². The van der Waals surface area contributed by atoms with Crippen molar-refractivity contribution in [1.29, 1.82) is 0 Å². The van der Waals surface area contributed by atoms with Gasteiger partial charge >= 0.3 is 0 Å². The molecule has 0 radical (unpaired) electrons. The van der Waals surface area contributed by atoms with Gasteiger partial charge in [0.25, 0.3) is 0 Å². The quantitative estimate of drug-likeness (QED) is 0.880. The molecule has 4 heteroatoms. The number of aliphatic hydroxyl groups excluding tert-OH is 1. The van der Waals surface area contributed by atoms with Gasteiger partial charge in [0.1, 0.15) is 0 Å². The molecule has 1 unspecified atom stereocenters. The van der Waals surface area contributed by atoms with Crippen LogP contribution in [0.4, 0.5) is 0 Å². The van der Waals surface area contributed by atoms with Crippen molar-refractivity contribution in [2.24, 2.45) is 0 Å². The summed E-state index contributed by atoms with van der Waals surface area (Å²) in [7, 11) is 2.01. The maximum atomic E-state index is 9.19. The van der Waals surface area contributed by atoms with Crippen LogP contribution in [0.3, 0.4) is 0 Å². The Morgan fingerprint density at radius 1 is 1.25 bits per heavy atom. The molecule has 0 aromatic heterocycles. The van der Waals surface area contributed by atoms with Gasteiger partial charge in [-0.15, -0.1) is 0 Å². The average Bonchev–Trinajstić information content (AvgIpc) is 2.12. The lowest BCUT2D eigenvalue weighted by Gasteiger charge is -2.17. The van der Waals surface area contributed by atoms with E-state index in [1.165, 1.54) is 0 Å². The number of aliphatic hydroxyl groups is 1. The summed E-state index contributed by atoms with van der Waals surface area (Å²) in [5.41, 5.74) is 1.09. The minimum atomic E-state index is -0.259. The van der Waals surface area contributed by atoms with Crippen LogP contribution in [0, 0.1) is 0 Å². The Bertz CT molecular complexity index is 322. The van der Waals surface area contributed by atoms with Crippen molar-refractivity contribution in [1.82, 2.24) is 4.90 Å². The molecule has 0 bridgehead atoms. The predicted octanol–water partition coefficient (Wildman–Crippen LogP) is 3.20. The second kappa shape index (κ2) is 6.45. The minimum Gasteiger partial charge on any atom is -0.393 e. The van der Waals surface area contributed by atoms with E-state index in [0.717, 1.165) is 25.1 Å². The van der Waals surface area contributed by atoms with Crippen molar-refractivity contribution < 1.29 is 5.11 Å². The van der Waals surface area contributed by atoms with E-state index in [1.54, 1.807) is 13.0 Å². The van der Waals surface area contributed by atoms with Crippen molar-refractivity contribution in [2.45, 2.75) is 26.0 Å². The smallest absolute Gasteiger partial charge is 0.0524 e. The summed E-state index contributed by atoms with van der Waals surface area (Å²) >= 11 is 11.8. The molecule has 0 saturated heterocycles. The fourth-order valence-corrected chi connectivity index (χ4v) is 2.07. The molecule has 1 aromatic rings. The molecule has 0 heterocycles. The highest BCUT2D eigenvalue weighted by atomic mass is 35.5. The highest BCUT2D eigenvalue weighted by molar-refractivity contribution is 6.34. The maximum absolute atomic E-state index is 9.19. The van der Waals surface area contributed by atoms with Gasteiger partial charge in [0.2, 0.25) is 0 Å². The molecule has 2 nitrogen and oxygen atoms in total. The minimum absolute atomic E-state index is 0.259. The molecule has 0 saturated carbocycles. The van der Waals surface area contributed by atoms with Gasteiger partial charge in [0, 0.05) is 23.1 Å². The third kappa shape index (κ3) is 5.17. The first kappa shape index (κ1) is 13.8. The molecule has 1 N–H and O–H groups in total. The van der Waals surface area contributed by atoms with Crippen LogP contribution in [0.15, 0.2) is 18.2 Å². The second-order valence-corrected chi connectivity index (χ2v) is 5.03. The number of benzene rings is 1. The van der Waals surface area contributed by atoms with Gasteiger partial charge in [-0.25, -0.2) is 0 Å². The first-order valence-electron chi connectivity index (χ1n) is 5.29. The largest absolute Gasteiger partial charge is 0.393 e. The molecular weight excluding hydrogens is 245 g/mol. The van der Waals surface area contributed by atoms with Gasteiger partial charge in [-0.1, -0.05) is 23.2 Å². The normalized spacial score (nSPS) is 13.1. The summed E-state index contributed by atoms with van der Waals surface area (Å²) < 4.78 is 0. The number of nitrogens with zero attached hydrogens (tertiary/aromatic N) is 1. The third-order valence-corrected chi connectivity index (χ3v) is 2.74. The van der Waals surface area contributed by atoms with E-state index in [2.05, 4.69) is 4.90 Å². The summed E-state index contributed by atoms with van der Waals surface area (Å²) in [5.74, 6) is 0. The van der Waals surface area contributed by atoms with Crippen molar-refractivity contribution >= 4 is 23.2 Å². The van der Waals surface area contributed by atoms with Crippen LogP contribution in [-0.2, 0) is 6.54 Å². The summed E-state index contributed by atoms with van der Waals surface area (Å²) in [4.78, 5) is 2.13. The van der Waals surface area contributed by atoms with Crippen molar-refractivity contribution in [3.63, 3.8) is 0 Å². The zero-order valence-corrected chi connectivity index (χ0v) is 11.1. The summed E-state index contributed by atoms with van der Waals surface area (Å²) in [6, 6.07) is 5.54. The Balaban J connectivity index is 2.52. The Hall–Kier alpha value is -0.280. The molecular formula is C12H17Cl2NO. The van der Waals surface area contributed by atoms with Gasteiger partial charge in [-0.05, 0) is 44.2 Å². The number of halogens is 2. The topological polar surface area (TPSA) is 23.5 Å². The molecule has 1 atom stereocenters. The van der Waals surface area contributed by atoms with E-state index in [4.69, 9.17) is 23.2 Å². The van der Waals surface area contributed by atoms with Gasteiger partial charge in [-0.3, -0.25) is 0 Å². The van der Waals surface area contributed by atoms with Gasteiger partial charge in [-0.2, -0.15) is 0 Å². The van der Waals surface area contributed by atoms with Gasteiger partial charge in [0.05, 0.1) is 6.10 Å². The summed E-state index contributed by atoms with van der Waals surface area (Å²) in [5, 5.41) is 10.5. The fraction of sp³-hybridized carbons (Fsp3) is 0.500. The van der Waals surface area contributed by atoms with E-state index in [-0.39, 0.29) is 6.10 Å². The van der Waals surface area contributed by atoms with Crippen molar-refractivity contribution in [2.75, 3.05) is 13.6 Å². The monoisotopic (exact) mass is 261 g/mol. The standard InChI is InChI=1S/C12H17Cl2NO/c1-9(16)3-4-15(2)8-10-5-11(13)7-12(14)6-10/h5-7,9,16H,3-4,8H2,1-2H3. The summed E-state index contributed by atoms with van der Waals surface area (Å²) in [6.45, 7) is 3.43. The van der Waals surface area contributed by atoms with Gasteiger partial charge < -0.3 is 10.0 Å². The zero-order valence-electron chi connectivity index (χ0n) is 9.58. The van der Waals surface area contributed by atoms with Crippen LogP contribution in [-0.4, -0.2) is 29.7 Å². The SMILES string of the molecule is CC(O)CCN(C)Cc1cc(Cl)cc(Cl)c1. The summed E-state index contributed by atoms with van der Waals surface area (Å²) in [6.07, 6.45) is 0.510. The molecule has 90 valence electrons. The Labute approximate surface area is 107 Å².